The normalized spacial score (nSPS) is 12.2. The molecule has 0 radical (unpaired) electrons. The van der Waals surface area contributed by atoms with E-state index >= 15 is 0 Å². The highest BCUT2D eigenvalue weighted by atomic mass is 16.4. The van der Waals surface area contributed by atoms with Gasteiger partial charge in [0.05, 0.1) is 5.56 Å². The average Bonchev–Trinajstić information content (AvgIpc) is 2.93. The lowest BCUT2D eigenvalue weighted by atomic mass is 9.88. The van der Waals surface area contributed by atoms with Crippen molar-refractivity contribution >= 4 is 17.3 Å². The fraction of sp³-hybridized carbons (Fsp3) is 0.188. The molecule has 20 heavy (non-hydrogen) atoms. The Labute approximate surface area is 116 Å². The number of fused-ring (bicyclic) bond motifs is 2. The van der Waals surface area contributed by atoms with Gasteiger partial charge >= 0.3 is 0 Å². The highest BCUT2D eigenvalue weighted by Crippen LogP contribution is 2.29. The molecule has 0 amide bonds. The summed E-state index contributed by atoms with van der Waals surface area (Å²) in [5, 5.41) is 0. The van der Waals surface area contributed by atoms with Gasteiger partial charge in [-0.05, 0) is 6.07 Å². The predicted octanol–water partition coefficient (Wildman–Crippen LogP) is 3.28. The number of ketones is 3. The van der Waals surface area contributed by atoms with Crippen molar-refractivity contribution in [3.8, 4) is 0 Å². The molecule has 1 heterocycles. The first-order chi connectivity index (χ1) is 9.59. The fourth-order valence-corrected chi connectivity index (χ4v) is 2.05. The Morgan fingerprint density at radius 2 is 1.50 bits per heavy atom. The van der Waals surface area contributed by atoms with Gasteiger partial charge in [0, 0.05) is 18.1 Å². The first-order valence-electron chi connectivity index (χ1n) is 6.43. The smallest absolute Gasteiger partial charge is 0.229 e. The van der Waals surface area contributed by atoms with E-state index in [1.807, 2.05) is 13.8 Å². The van der Waals surface area contributed by atoms with Gasteiger partial charge in [-0.15, -0.1) is 0 Å². The van der Waals surface area contributed by atoms with E-state index in [-0.39, 0.29) is 34.4 Å². The van der Waals surface area contributed by atoms with Gasteiger partial charge in [-0.1, -0.05) is 38.1 Å². The molecule has 0 N–H and O–H groups in total. The van der Waals surface area contributed by atoms with Crippen molar-refractivity contribution in [1.29, 1.82) is 0 Å². The quantitative estimate of drug-likeness (QED) is 0.636. The fourth-order valence-electron chi connectivity index (χ4n) is 2.05. The van der Waals surface area contributed by atoms with Crippen molar-refractivity contribution < 1.29 is 18.8 Å². The summed E-state index contributed by atoms with van der Waals surface area (Å²) in [4.78, 5) is 35.5. The Hall–Kier alpha value is -2.49. The molecule has 4 heteroatoms. The van der Waals surface area contributed by atoms with Crippen LogP contribution in [0.2, 0.25) is 0 Å². The van der Waals surface area contributed by atoms with Crippen LogP contribution in [0.4, 0.5) is 0 Å². The molecule has 0 fully saturated rings. The molecule has 0 unspecified atom stereocenters. The molecule has 4 nitrogen and oxygen atoms in total. The minimum atomic E-state index is -0.354. The van der Waals surface area contributed by atoms with Gasteiger partial charge in [0.2, 0.25) is 5.78 Å². The Morgan fingerprint density at radius 1 is 0.950 bits per heavy atom. The van der Waals surface area contributed by atoms with E-state index in [4.69, 9.17) is 4.42 Å². The molecule has 0 spiro atoms. The Bertz CT molecular complexity index is 655. The van der Waals surface area contributed by atoms with Gasteiger partial charge in [0.15, 0.2) is 23.1 Å². The topological polar surface area (TPSA) is 64.3 Å². The standard InChI is InChI=1S/C14H8O4.C2H6/c1-7(15)11-6-10-12(16)8-4-2-3-5-9(8)13(17)14(10)18-11;1-2/h2-6H,1H3;1-2H3. The summed E-state index contributed by atoms with van der Waals surface area (Å²) in [6, 6.07) is 7.89. The molecule has 102 valence electrons. The number of Topliss-reactive ketones (excluding diaryl/α,β-unsaturated/α-hetero) is 1. The molecular weight excluding hydrogens is 256 g/mol. The summed E-state index contributed by atoms with van der Waals surface area (Å²) in [6.07, 6.45) is 0. The third kappa shape index (κ3) is 1.99. The Morgan fingerprint density at radius 3 is 2.05 bits per heavy atom. The molecule has 3 rings (SSSR count). The molecule has 1 aliphatic carbocycles. The zero-order chi connectivity index (χ0) is 14.9. The van der Waals surface area contributed by atoms with Crippen LogP contribution in [0, 0.1) is 0 Å². The van der Waals surface area contributed by atoms with Crippen LogP contribution in [0.5, 0.6) is 0 Å². The molecule has 0 atom stereocenters. The van der Waals surface area contributed by atoms with Crippen LogP contribution in [-0.2, 0) is 0 Å². The molecular formula is C16H14O4. The van der Waals surface area contributed by atoms with Crippen molar-refractivity contribution in [3.63, 3.8) is 0 Å². The van der Waals surface area contributed by atoms with Crippen molar-refractivity contribution in [2.45, 2.75) is 20.8 Å². The van der Waals surface area contributed by atoms with Crippen LogP contribution in [0.3, 0.4) is 0 Å². The van der Waals surface area contributed by atoms with Crippen LogP contribution >= 0.6 is 0 Å². The first-order valence-corrected chi connectivity index (χ1v) is 6.43. The van der Waals surface area contributed by atoms with Crippen molar-refractivity contribution in [2.75, 3.05) is 0 Å². The van der Waals surface area contributed by atoms with Crippen molar-refractivity contribution in [2.24, 2.45) is 0 Å². The van der Waals surface area contributed by atoms with Crippen LogP contribution in [0.25, 0.3) is 0 Å². The van der Waals surface area contributed by atoms with Gasteiger partial charge in [-0.3, -0.25) is 14.4 Å². The molecule has 1 aromatic heterocycles. The molecule has 1 aliphatic rings. The second-order valence-corrected chi connectivity index (χ2v) is 4.11. The number of hydrogen-bond acceptors (Lipinski definition) is 4. The van der Waals surface area contributed by atoms with E-state index in [0.717, 1.165) is 0 Å². The van der Waals surface area contributed by atoms with Gasteiger partial charge in [0.25, 0.3) is 0 Å². The Balaban J connectivity index is 0.000000704. The largest absolute Gasteiger partial charge is 0.449 e. The van der Waals surface area contributed by atoms with E-state index in [0.29, 0.717) is 11.1 Å². The molecule has 0 aliphatic heterocycles. The van der Waals surface area contributed by atoms with Gasteiger partial charge in [-0.25, -0.2) is 0 Å². The van der Waals surface area contributed by atoms with Gasteiger partial charge < -0.3 is 4.42 Å². The zero-order valence-electron chi connectivity index (χ0n) is 11.5. The number of hydrogen-bond donors (Lipinski definition) is 0. The summed E-state index contributed by atoms with van der Waals surface area (Å²) >= 11 is 0. The van der Waals surface area contributed by atoms with Crippen molar-refractivity contribution in [1.82, 2.24) is 0 Å². The lowest BCUT2D eigenvalue weighted by Crippen LogP contribution is -2.18. The third-order valence-corrected chi connectivity index (χ3v) is 2.95. The van der Waals surface area contributed by atoms with Crippen LogP contribution in [-0.4, -0.2) is 17.3 Å². The molecule has 1 aromatic carbocycles. The van der Waals surface area contributed by atoms with Crippen LogP contribution in [0.1, 0.15) is 63.4 Å². The second kappa shape index (κ2) is 5.25. The van der Waals surface area contributed by atoms with Gasteiger partial charge in [0.1, 0.15) is 0 Å². The maximum atomic E-state index is 12.2. The third-order valence-electron chi connectivity index (χ3n) is 2.95. The molecule has 2 aromatic rings. The number of carbonyl (C=O) groups is 3. The van der Waals surface area contributed by atoms with E-state index in [1.54, 1.807) is 24.3 Å². The number of rotatable bonds is 1. The molecule has 0 bridgehead atoms. The predicted molar refractivity (Wildman–Crippen MR) is 73.4 cm³/mol. The minimum absolute atomic E-state index is 0.0366. The zero-order valence-corrected chi connectivity index (χ0v) is 11.5. The van der Waals surface area contributed by atoms with Gasteiger partial charge in [-0.2, -0.15) is 0 Å². The van der Waals surface area contributed by atoms with Crippen molar-refractivity contribution in [3.05, 3.63) is 58.5 Å². The maximum Gasteiger partial charge on any atom is 0.229 e. The average molecular weight is 270 g/mol. The second-order valence-electron chi connectivity index (χ2n) is 4.11. The van der Waals surface area contributed by atoms with E-state index in [9.17, 15) is 14.4 Å². The summed E-state index contributed by atoms with van der Waals surface area (Å²) in [5.74, 6) is -0.948. The lowest BCUT2D eigenvalue weighted by Gasteiger charge is -2.11. The highest BCUT2D eigenvalue weighted by molar-refractivity contribution is 6.27. The lowest BCUT2D eigenvalue weighted by molar-refractivity contribution is 0.0947. The number of benzene rings is 1. The van der Waals surface area contributed by atoms with E-state index < -0.39 is 0 Å². The summed E-state index contributed by atoms with van der Waals surface area (Å²) < 4.78 is 5.19. The molecule has 0 saturated heterocycles. The highest BCUT2D eigenvalue weighted by Gasteiger charge is 2.33. The Kier molecular flexibility index (Phi) is 3.66. The minimum Gasteiger partial charge on any atom is -0.449 e. The first kappa shape index (κ1) is 13.9. The summed E-state index contributed by atoms with van der Waals surface area (Å²) in [7, 11) is 0. The summed E-state index contributed by atoms with van der Waals surface area (Å²) in [6.45, 7) is 5.33. The number of furan rings is 1. The number of carbonyl (C=O) groups excluding carboxylic acids is 3. The van der Waals surface area contributed by atoms with Crippen LogP contribution in [0.15, 0.2) is 34.7 Å². The van der Waals surface area contributed by atoms with E-state index in [1.165, 1.54) is 13.0 Å². The monoisotopic (exact) mass is 270 g/mol. The SMILES string of the molecule is CC.CC(=O)c1cc2c(o1)C(=O)c1ccccc1C2=O. The summed E-state index contributed by atoms with van der Waals surface area (Å²) in [5.41, 5.74) is 0.842. The van der Waals surface area contributed by atoms with Crippen LogP contribution < -0.4 is 0 Å². The maximum absolute atomic E-state index is 12.2. The molecule has 0 saturated carbocycles. The van der Waals surface area contributed by atoms with E-state index in [2.05, 4.69) is 0 Å².